The van der Waals surface area contributed by atoms with Crippen molar-refractivity contribution in [1.82, 2.24) is 5.32 Å². The Morgan fingerprint density at radius 3 is 2.30 bits per heavy atom. The number of nitrogens with one attached hydrogen (secondary N) is 2. The van der Waals surface area contributed by atoms with Crippen LogP contribution in [-0.4, -0.2) is 29.9 Å². The molecular formula is C24H24N2O4. The summed E-state index contributed by atoms with van der Waals surface area (Å²) in [5.74, 6) is -1.24. The monoisotopic (exact) mass is 404 g/mol. The van der Waals surface area contributed by atoms with Crippen LogP contribution in [0.1, 0.15) is 30.6 Å². The smallest absolute Gasteiger partial charge is 0.308 e. The molecule has 0 aliphatic carbocycles. The molecule has 3 rings (SSSR count). The highest BCUT2D eigenvalue weighted by Crippen LogP contribution is 2.23. The molecule has 2 amide bonds. The number of carbonyl (C=O) groups is 3. The molecule has 0 aliphatic rings. The van der Waals surface area contributed by atoms with Crippen molar-refractivity contribution in [2.45, 2.75) is 32.4 Å². The fourth-order valence-electron chi connectivity index (χ4n) is 3.07. The van der Waals surface area contributed by atoms with Crippen molar-refractivity contribution in [2.24, 2.45) is 0 Å². The van der Waals surface area contributed by atoms with Crippen LogP contribution >= 0.6 is 0 Å². The third kappa shape index (κ3) is 5.44. The average molecular weight is 404 g/mol. The maximum Gasteiger partial charge on any atom is 0.308 e. The van der Waals surface area contributed by atoms with E-state index in [1.165, 1.54) is 6.92 Å². The zero-order chi connectivity index (χ0) is 21.5. The number of esters is 1. The molecule has 0 spiro atoms. The summed E-state index contributed by atoms with van der Waals surface area (Å²) in [6.07, 6.45) is -1.00. The lowest BCUT2D eigenvalue weighted by molar-refractivity contribution is -0.153. The van der Waals surface area contributed by atoms with Crippen LogP contribution in [0.2, 0.25) is 0 Å². The maximum absolute atomic E-state index is 12.5. The molecule has 3 aromatic carbocycles. The molecule has 6 nitrogen and oxygen atoms in total. The standard InChI is InChI=1S/C24H24N2O4/c1-16(25-24(29)19-10-4-3-5-11-19)15-22(27)30-17(2)23(28)26-21-14-8-12-18-9-6-7-13-20(18)21/h3-14,16-17H,15H2,1-2H3,(H,25,29)(H,26,28). The number of ether oxygens (including phenoxy) is 1. The Hall–Kier alpha value is -3.67. The fourth-order valence-corrected chi connectivity index (χ4v) is 3.07. The molecule has 0 aromatic heterocycles. The van der Waals surface area contributed by atoms with Crippen molar-refractivity contribution in [3.8, 4) is 0 Å². The zero-order valence-electron chi connectivity index (χ0n) is 16.9. The molecule has 30 heavy (non-hydrogen) atoms. The number of amides is 2. The topological polar surface area (TPSA) is 84.5 Å². The van der Waals surface area contributed by atoms with Crippen molar-refractivity contribution < 1.29 is 19.1 Å². The summed E-state index contributed by atoms with van der Waals surface area (Å²) in [6.45, 7) is 3.23. The van der Waals surface area contributed by atoms with E-state index < -0.39 is 24.0 Å². The van der Waals surface area contributed by atoms with Crippen LogP contribution < -0.4 is 10.6 Å². The third-order valence-electron chi connectivity index (χ3n) is 4.61. The van der Waals surface area contributed by atoms with E-state index in [1.54, 1.807) is 37.3 Å². The van der Waals surface area contributed by atoms with E-state index in [2.05, 4.69) is 10.6 Å². The molecule has 154 valence electrons. The minimum absolute atomic E-state index is 0.0372. The summed E-state index contributed by atoms with van der Waals surface area (Å²) in [7, 11) is 0. The van der Waals surface area contributed by atoms with Gasteiger partial charge in [0.2, 0.25) is 0 Å². The molecule has 0 radical (unpaired) electrons. The molecule has 0 saturated heterocycles. The number of hydrogen-bond acceptors (Lipinski definition) is 4. The summed E-state index contributed by atoms with van der Waals surface area (Å²) >= 11 is 0. The molecule has 6 heteroatoms. The van der Waals surface area contributed by atoms with Gasteiger partial charge in [0.1, 0.15) is 0 Å². The second-order valence-corrected chi connectivity index (χ2v) is 7.09. The van der Waals surface area contributed by atoms with E-state index in [4.69, 9.17) is 4.74 Å². The second kappa shape index (κ2) is 9.69. The van der Waals surface area contributed by atoms with Crippen molar-refractivity contribution in [3.63, 3.8) is 0 Å². The van der Waals surface area contributed by atoms with E-state index in [9.17, 15) is 14.4 Å². The van der Waals surface area contributed by atoms with Crippen molar-refractivity contribution >= 4 is 34.2 Å². The van der Waals surface area contributed by atoms with Gasteiger partial charge in [-0.3, -0.25) is 14.4 Å². The Labute approximate surface area is 175 Å². The minimum atomic E-state index is -0.964. The van der Waals surface area contributed by atoms with Gasteiger partial charge < -0.3 is 15.4 Å². The molecular weight excluding hydrogens is 380 g/mol. The predicted octanol–water partition coefficient (Wildman–Crippen LogP) is 3.92. The number of fused-ring (bicyclic) bond motifs is 1. The lowest BCUT2D eigenvalue weighted by Crippen LogP contribution is -2.36. The van der Waals surface area contributed by atoms with Crippen LogP contribution in [0.25, 0.3) is 10.8 Å². The minimum Gasteiger partial charge on any atom is -0.452 e. The summed E-state index contributed by atoms with van der Waals surface area (Å²) in [5, 5.41) is 7.47. The number of hydrogen-bond donors (Lipinski definition) is 2. The van der Waals surface area contributed by atoms with Gasteiger partial charge in [-0.05, 0) is 37.4 Å². The van der Waals surface area contributed by atoms with Gasteiger partial charge in [-0.2, -0.15) is 0 Å². The average Bonchev–Trinajstić information content (AvgIpc) is 2.74. The van der Waals surface area contributed by atoms with E-state index in [0.29, 0.717) is 11.3 Å². The van der Waals surface area contributed by atoms with Gasteiger partial charge in [-0.25, -0.2) is 0 Å². The van der Waals surface area contributed by atoms with Gasteiger partial charge in [0.05, 0.1) is 6.42 Å². The lowest BCUT2D eigenvalue weighted by atomic mass is 10.1. The van der Waals surface area contributed by atoms with Gasteiger partial charge >= 0.3 is 5.97 Å². The normalized spacial score (nSPS) is 12.6. The second-order valence-electron chi connectivity index (χ2n) is 7.09. The van der Waals surface area contributed by atoms with Crippen molar-refractivity contribution in [2.75, 3.05) is 5.32 Å². The van der Waals surface area contributed by atoms with E-state index in [1.807, 2.05) is 42.5 Å². The Morgan fingerprint density at radius 1 is 0.867 bits per heavy atom. The molecule has 0 fully saturated rings. The summed E-state index contributed by atoms with van der Waals surface area (Å²) in [5.41, 5.74) is 1.17. The summed E-state index contributed by atoms with van der Waals surface area (Å²) < 4.78 is 5.25. The number of benzene rings is 3. The molecule has 0 heterocycles. The van der Waals surface area contributed by atoms with Gasteiger partial charge in [-0.1, -0.05) is 54.6 Å². The Morgan fingerprint density at radius 2 is 1.53 bits per heavy atom. The SMILES string of the molecule is CC(CC(=O)OC(C)C(=O)Nc1cccc2ccccc12)NC(=O)c1ccccc1. The fraction of sp³-hybridized carbons (Fsp3) is 0.208. The lowest BCUT2D eigenvalue weighted by Gasteiger charge is -2.17. The Bertz CT molecular complexity index is 1040. The van der Waals surface area contributed by atoms with Crippen LogP contribution in [0.4, 0.5) is 5.69 Å². The summed E-state index contributed by atoms with van der Waals surface area (Å²) in [6, 6.07) is 21.6. The molecule has 2 atom stereocenters. The van der Waals surface area contributed by atoms with Crippen molar-refractivity contribution in [1.29, 1.82) is 0 Å². The van der Waals surface area contributed by atoms with Crippen LogP contribution in [-0.2, 0) is 14.3 Å². The largest absolute Gasteiger partial charge is 0.452 e. The Kier molecular flexibility index (Phi) is 6.80. The molecule has 0 aliphatic heterocycles. The first kappa shape index (κ1) is 21.0. The third-order valence-corrected chi connectivity index (χ3v) is 4.61. The van der Waals surface area contributed by atoms with E-state index in [-0.39, 0.29) is 12.3 Å². The summed E-state index contributed by atoms with van der Waals surface area (Å²) in [4.78, 5) is 36.8. The van der Waals surface area contributed by atoms with Crippen molar-refractivity contribution in [3.05, 3.63) is 78.4 Å². The quantitative estimate of drug-likeness (QED) is 0.585. The highest BCUT2D eigenvalue weighted by Gasteiger charge is 2.21. The number of anilines is 1. The van der Waals surface area contributed by atoms with Gasteiger partial charge in [0.15, 0.2) is 6.10 Å². The number of carbonyl (C=O) groups excluding carboxylic acids is 3. The van der Waals surface area contributed by atoms with Gasteiger partial charge in [-0.15, -0.1) is 0 Å². The van der Waals surface area contributed by atoms with Crippen LogP contribution in [0.5, 0.6) is 0 Å². The molecule has 3 aromatic rings. The molecule has 2 unspecified atom stereocenters. The first-order chi connectivity index (χ1) is 14.4. The van der Waals surface area contributed by atoms with Crippen LogP contribution in [0.3, 0.4) is 0 Å². The van der Waals surface area contributed by atoms with Gasteiger partial charge in [0.25, 0.3) is 11.8 Å². The van der Waals surface area contributed by atoms with Crippen LogP contribution in [0.15, 0.2) is 72.8 Å². The highest BCUT2D eigenvalue weighted by atomic mass is 16.5. The highest BCUT2D eigenvalue weighted by molar-refractivity contribution is 6.03. The molecule has 0 bridgehead atoms. The number of rotatable bonds is 7. The van der Waals surface area contributed by atoms with Gasteiger partial charge in [0, 0.05) is 22.7 Å². The molecule has 2 N–H and O–H groups in total. The van der Waals surface area contributed by atoms with Crippen LogP contribution in [0, 0.1) is 0 Å². The molecule has 0 saturated carbocycles. The first-order valence-electron chi connectivity index (χ1n) is 9.78. The zero-order valence-corrected chi connectivity index (χ0v) is 16.9. The maximum atomic E-state index is 12.5. The van der Waals surface area contributed by atoms with E-state index in [0.717, 1.165) is 10.8 Å². The first-order valence-corrected chi connectivity index (χ1v) is 9.78. The predicted molar refractivity (Wildman–Crippen MR) is 116 cm³/mol. The van der Waals surface area contributed by atoms with E-state index >= 15 is 0 Å². The Balaban J connectivity index is 1.52.